The van der Waals surface area contributed by atoms with Gasteiger partial charge in [-0.05, 0) is 37.1 Å². The average Bonchev–Trinajstić information content (AvgIpc) is 2.38. The summed E-state index contributed by atoms with van der Waals surface area (Å²) < 4.78 is 30.4. The van der Waals surface area contributed by atoms with E-state index in [0.29, 0.717) is 0 Å². The molecule has 0 aliphatic carbocycles. The molecule has 1 fully saturated rings. The standard InChI is InChI=1S/C14H22N2O3S/c1-19-14-7-5-12(6-8-14)10-16-9-3-4-13(11-16)15-20(2,17)18/h5-8,13,15H,3-4,9-11H2,1-2H3. The van der Waals surface area contributed by atoms with Crippen LogP contribution in [0.1, 0.15) is 18.4 Å². The van der Waals surface area contributed by atoms with Crippen LogP contribution in [0.4, 0.5) is 0 Å². The zero-order valence-electron chi connectivity index (χ0n) is 12.0. The van der Waals surface area contributed by atoms with Gasteiger partial charge in [0.1, 0.15) is 5.75 Å². The molecular formula is C14H22N2O3S. The van der Waals surface area contributed by atoms with Crippen molar-refractivity contribution in [3.05, 3.63) is 29.8 Å². The van der Waals surface area contributed by atoms with E-state index < -0.39 is 10.0 Å². The van der Waals surface area contributed by atoms with Gasteiger partial charge in [0.05, 0.1) is 13.4 Å². The molecule has 1 atom stereocenters. The maximum absolute atomic E-state index is 11.3. The van der Waals surface area contributed by atoms with Crippen LogP contribution in [0, 0.1) is 0 Å². The fraction of sp³-hybridized carbons (Fsp3) is 0.571. The van der Waals surface area contributed by atoms with Crippen molar-refractivity contribution in [2.45, 2.75) is 25.4 Å². The van der Waals surface area contributed by atoms with Crippen molar-refractivity contribution in [3.8, 4) is 5.75 Å². The minimum Gasteiger partial charge on any atom is -0.497 e. The van der Waals surface area contributed by atoms with Crippen molar-refractivity contribution in [1.29, 1.82) is 0 Å². The Morgan fingerprint density at radius 1 is 1.35 bits per heavy atom. The predicted octanol–water partition coefficient (Wildman–Crippen LogP) is 1.21. The molecule has 1 N–H and O–H groups in total. The Balaban J connectivity index is 1.91. The highest BCUT2D eigenvalue weighted by atomic mass is 32.2. The van der Waals surface area contributed by atoms with Crippen LogP contribution in [0.2, 0.25) is 0 Å². The van der Waals surface area contributed by atoms with Gasteiger partial charge in [-0.3, -0.25) is 4.90 Å². The highest BCUT2D eigenvalue weighted by Crippen LogP contribution is 2.16. The van der Waals surface area contributed by atoms with Crippen molar-refractivity contribution < 1.29 is 13.2 Å². The van der Waals surface area contributed by atoms with E-state index in [2.05, 4.69) is 9.62 Å². The minimum atomic E-state index is -3.12. The van der Waals surface area contributed by atoms with Gasteiger partial charge < -0.3 is 4.74 Å². The van der Waals surface area contributed by atoms with Gasteiger partial charge in [0.25, 0.3) is 0 Å². The summed E-state index contributed by atoms with van der Waals surface area (Å²) in [6.45, 7) is 2.61. The molecular weight excluding hydrogens is 276 g/mol. The Kier molecular flexibility index (Phi) is 5.01. The molecule has 5 nitrogen and oxygen atoms in total. The first-order valence-corrected chi connectivity index (χ1v) is 8.68. The van der Waals surface area contributed by atoms with Crippen LogP contribution in [0.15, 0.2) is 24.3 Å². The molecule has 6 heteroatoms. The van der Waals surface area contributed by atoms with E-state index in [9.17, 15) is 8.42 Å². The molecule has 0 bridgehead atoms. The van der Waals surface area contributed by atoms with Gasteiger partial charge in [0.2, 0.25) is 10.0 Å². The first kappa shape index (κ1) is 15.3. The topological polar surface area (TPSA) is 58.6 Å². The summed E-state index contributed by atoms with van der Waals surface area (Å²) >= 11 is 0. The van der Waals surface area contributed by atoms with Crippen LogP contribution in [-0.4, -0.2) is 45.8 Å². The normalized spacial score (nSPS) is 20.8. The zero-order valence-corrected chi connectivity index (χ0v) is 12.8. The molecule has 0 spiro atoms. The van der Waals surface area contributed by atoms with Crippen LogP contribution in [-0.2, 0) is 16.6 Å². The van der Waals surface area contributed by atoms with Gasteiger partial charge in [0.15, 0.2) is 0 Å². The Morgan fingerprint density at radius 3 is 2.65 bits per heavy atom. The lowest BCUT2D eigenvalue weighted by Gasteiger charge is -2.32. The molecule has 20 heavy (non-hydrogen) atoms. The summed E-state index contributed by atoms with van der Waals surface area (Å²) in [7, 11) is -1.47. The van der Waals surface area contributed by atoms with Crippen molar-refractivity contribution in [1.82, 2.24) is 9.62 Å². The average molecular weight is 298 g/mol. The van der Waals surface area contributed by atoms with E-state index in [1.165, 1.54) is 11.8 Å². The van der Waals surface area contributed by atoms with E-state index in [4.69, 9.17) is 4.74 Å². The van der Waals surface area contributed by atoms with Gasteiger partial charge in [-0.25, -0.2) is 13.1 Å². The quantitative estimate of drug-likeness (QED) is 0.887. The lowest BCUT2D eigenvalue weighted by molar-refractivity contribution is 0.194. The van der Waals surface area contributed by atoms with Gasteiger partial charge in [-0.1, -0.05) is 12.1 Å². The van der Waals surface area contributed by atoms with Gasteiger partial charge in [-0.2, -0.15) is 0 Å². The SMILES string of the molecule is COc1ccc(CN2CCCC(NS(C)(=O)=O)C2)cc1. The Bertz CT molecular complexity index is 528. The number of hydrogen-bond donors (Lipinski definition) is 1. The van der Waals surface area contributed by atoms with E-state index in [1.807, 2.05) is 24.3 Å². The van der Waals surface area contributed by atoms with Crippen LogP contribution < -0.4 is 9.46 Å². The smallest absolute Gasteiger partial charge is 0.208 e. The van der Waals surface area contributed by atoms with Crippen LogP contribution in [0.25, 0.3) is 0 Å². The number of hydrogen-bond acceptors (Lipinski definition) is 4. The molecule has 1 aromatic carbocycles. The molecule has 0 radical (unpaired) electrons. The summed E-state index contributed by atoms with van der Waals surface area (Å²) in [5.74, 6) is 0.851. The lowest BCUT2D eigenvalue weighted by Crippen LogP contribution is -2.46. The third-order valence-electron chi connectivity index (χ3n) is 3.45. The number of sulfonamides is 1. The molecule has 1 saturated heterocycles. The highest BCUT2D eigenvalue weighted by molar-refractivity contribution is 7.88. The van der Waals surface area contributed by atoms with Crippen molar-refractivity contribution >= 4 is 10.0 Å². The number of methoxy groups -OCH3 is 1. The molecule has 0 aromatic heterocycles. The van der Waals surface area contributed by atoms with Crippen molar-refractivity contribution in [3.63, 3.8) is 0 Å². The first-order valence-electron chi connectivity index (χ1n) is 6.79. The maximum atomic E-state index is 11.3. The van der Waals surface area contributed by atoms with E-state index in [1.54, 1.807) is 7.11 Å². The molecule has 1 unspecified atom stereocenters. The third-order valence-corrected chi connectivity index (χ3v) is 4.21. The molecule has 1 aliphatic rings. The summed E-state index contributed by atoms with van der Waals surface area (Å²) in [5, 5.41) is 0. The molecule has 2 rings (SSSR count). The molecule has 1 aromatic rings. The molecule has 1 aliphatic heterocycles. The summed E-state index contributed by atoms with van der Waals surface area (Å²) in [6.07, 6.45) is 3.14. The largest absolute Gasteiger partial charge is 0.497 e. The molecule has 0 amide bonds. The lowest BCUT2D eigenvalue weighted by atomic mass is 10.1. The van der Waals surface area contributed by atoms with E-state index in [0.717, 1.165) is 38.2 Å². The summed E-state index contributed by atoms with van der Waals surface area (Å²) in [6, 6.07) is 8.02. The number of benzene rings is 1. The van der Waals surface area contributed by atoms with Crippen molar-refractivity contribution in [2.24, 2.45) is 0 Å². The van der Waals surface area contributed by atoms with Crippen LogP contribution in [0.5, 0.6) is 5.75 Å². The Hall–Kier alpha value is -1.11. The third kappa shape index (κ3) is 4.77. The fourth-order valence-electron chi connectivity index (χ4n) is 2.59. The number of likely N-dealkylation sites (tertiary alicyclic amines) is 1. The maximum Gasteiger partial charge on any atom is 0.208 e. The van der Waals surface area contributed by atoms with Crippen LogP contribution >= 0.6 is 0 Å². The number of piperidine rings is 1. The predicted molar refractivity (Wildman–Crippen MR) is 79.3 cm³/mol. The fourth-order valence-corrected chi connectivity index (χ4v) is 3.39. The second-order valence-corrected chi connectivity index (χ2v) is 7.09. The summed E-state index contributed by atoms with van der Waals surface area (Å²) in [4.78, 5) is 2.29. The Labute approximate surface area is 121 Å². The first-order chi connectivity index (χ1) is 9.46. The number of ether oxygens (including phenoxy) is 1. The number of nitrogens with one attached hydrogen (secondary N) is 1. The Morgan fingerprint density at radius 2 is 2.05 bits per heavy atom. The van der Waals surface area contributed by atoms with Gasteiger partial charge >= 0.3 is 0 Å². The number of nitrogens with zero attached hydrogens (tertiary/aromatic N) is 1. The highest BCUT2D eigenvalue weighted by Gasteiger charge is 2.22. The zero-order chi connectivity index (χ0) is 14.6. The molecule has 0 saturated carbocycles. The second-order valence-electron chi connectivity index (χ2n) is 5.31. The minimum absolute atomic E-state index is 0.0250. The van der Waals surface area contributed by atoms with Gasteiger partial charge in [-0.15, -0.1) is 0 Å². The summed E-state index contributed by atoms with van der Waals surface area (Å²) in [5.41, 5.74) is 1.21. The van der Waals surface area contributed by atoms with E-state index in [-0.39, 0.29) is 6.04 Å². The van der Waals surface area contributed by atoms with Crippen molar-refractivity contribution in [2.75, 3.05) is 26.5 Å². The number of rotatable bonds is 5. The second kappa shape index (κ2) is 6.56. The van der Waals surface area contributed by atoms with Gasteiger partial charge in [0, 0.05) is 19.1 Å². The molecule has 1 heterocycles. The van der Waals surface area contributed by atoms with E-state index >= 15 is 0 Å². The van der Waals surface area contributed by atoms with Crippen LogP contribution in [0.3, 0.4) is 0 Å². The molecule has 112 valence electrons. The monoisotopic (exact) mass is 298 g/mol.